The van der Waals surface area contributed by atoms with Crippen molar-refractivity contribution in [2.75, 3.05) is 0 Å². The number of aryl methyl sites for hydroxylation is 1. The topological polar surface area (TPSA) is 84.2 Å². The van der Waals surface area contributed by atoms with Gasteiger partial charge in [0.25, 0.3) is 5.91 Å². The van der Waals surface area contributed by atoms with Crippen LogP contribution in [0.4, 0.5) is 0 Å². The molecular formula is C14H23N3O3. The van der Waals surface area contributed by atoms with Crippen LogP contribution in [-0.4, -0.2) is 32.8 Å². The van der Waals surface area contributed by atoms with Gasteiger partial charge in [-0.15, -0.1) is 0 Å². The van der Waals surface area contributed by atoms with E-state index in [0.717, 1.165) is 5.69 Å². The van der Waals surface area contributed by atoms with E-state index in [0.29, 0.717) is 5.69 Å². The van der Waals surface area contributed by atoms with Gasteiger partial charge in [-0.05, 0) is 19.9 Å². The quantitative estimate of drug-likeness (QED) is 0.877. The van der Waals surface area contributed by atoms with Gasteiger partial charge < -0.3 is 10.4 Å². The number of aliphatic carboxylic acids is 1. The van der Waals surface area contributed by atoms with Gasteiger partial charge in [0.15, 0.2) is 0 Å². The molecular weight excluding hydrogens is 258 g/mol. The number of carbonyl (C=O) groups is 2. The average Bonchev–Trinajstić information content (AvgIpc) is 2.69. The third-order valence-electron chi connectivity index (χ3n) is 3.38. The summed E-state index contributed by atoms with van der Waals surface area (Å²) in [6.07, 6.45) is 0. The van der Waals surface area contributed by atoms with Crippen molar-refractivity contribution in [1.29, 1.82) is 0 Å². The van der Waals surface area contributed by atoms with E-state index < -0.39 is 17.9 Å². The molecule has 6 heteroatoms. The molecule has 0 aliphatic rings. The van der Waals surface area contributed by atoms with Gasteiger partial charge in [-0.3, -0.25) is 14.3 Å². The highest BCUT2D eigenvalue weighted by Crippen LogP contribution is 2.21. The number of carboxylic acids is 1. The van der Waals surface area contributed by atoms with Crippen molar-refractivity contribution in [1.82, 2.24) is 15.1 Å². The van der Waals surface area contributed by atoms with E-state index in [-0.39, 0.29) is 11.3 Å². The van der Waals surface area contributed by atoms with Gasteiger partial charge in [-0.2, -0.15) is 5.10 Å². The minimum atomic E-state index is -0.932. The lowest BCUT2D eigenvalue weighted by Gasteiger charge is -2.17. The molecule has 1 aromatic rings. The third kappa shape index (κ3) is 3.59. The molecule has 0 aromatic carbocycles. The second kappa shape index (κ2) is 5.64. The molecule has 1 heterocycles. The number of nitrogens with zero attached hydrogens (tertiary/aromatic N) is 2. The van der Waals surface area contributed by atoms with Crippen molar-refractivity contribution in [2.45, 2.75) is 46.1 Å². The normalized spacial score (nSPS) is 14.7. The summed E-state index contributed by atoms with van der Waals surface area (Å²) in [6, 6.07) is 1.29. The number of hydrogen-bond donors (Lipinski definition) is 2. The van der Waals surface area contributed by atoms with Gasteiger partial charge in [0.2, 0.25) is 0 Å². The molecule has 0 spiro atoms. The fourth-order valence-corrected chi connectivity index (χ4v) is 1.67. The van der Waals surface area contributed by atoms with Crippen LogP contribution in [-0.2, 0) is 17.3 Å². The van der Waals surface area contributed by atoms with Crippen molar-refractivity contribution in [2.24, 2.45) is 13.0 Å². The molecule has 20 heavy (non-hydrogen) atoms. The van der Waals surface area contributed by atoms with Crippen molar-refractivity contribution in [3.63, 3.8) is 0 Å². The fraction of sp³-hybridized carbons (Fsp3) is 0.643. The molecule has 2 unspecified atom stereocenters. The van der Waals surface area contributed by atoms with Gasteiger partial charge in [0.05, 0.1) is 11.6 Å². The molecule has 2 atom stereocenters. The van der Waals surface area contributed by atoms with Crippen molar-refractivity contribution >= 4 is 11.9 Å². The monoisotopic (exact) mass is 281 g/mol. The Morgan fingerprint density at radius 3 is 2.30 bits per heavy atom. The Labute approximate surface area is 119 Å². The van der Waals surface area contributed by atoms with E-state index in [1.807, 2.05) is 20.8 Å². The maximum atomic E-state index is 12.2. The van der Waals surface area contributed by atoms with E-state index in [2.05, 4.69) is 10.4 Å². The molecule has 1 aromatic heterocycles. The first-order chi connectivity index (χ1) is 9.04. The molecule has 6 nitrogen and oxygen atoms in total. The lowest BCUT2D eigenvalue weighted by molar-refractivity contribution is -0.141. The summed E-state index contributed by atoms with van der Waals surface area (Å²) in [5.41, 5.74) is 1.11. The average molecular weight is 281 g/mol. The number of hydrogen-bond acceptors (Lipinski definition) is 3. The smallest absolute Gasteiger partial charge is 0.308 e. The van der Waals surface area contributed by atoms with Crippen molar-refractivity contribution in [3.8, 4) is 0 Å². The molecule has 0 saturated heterocycles. The standard InChI is InChI=1S/C14H23N3O3/c1-8(13(19)20)9(2)15-12(18)10-7-11(14(3,4)5)16-17(10)6/h7-9H,1-6H3,(H,15,18)(H,19,20). The second-order valence-electron chi connectivity index (χ2n) is 6.18. The Kier molecular flexibility index (Phi) is 4.57. The molecule has 0 fully saturated rings. The second-order valence-corrected chi connectivity index (χ2v) is 6.18. The third-order valence-corrected chi connectivity index (χ3v) is 3.38. The summed E-state index contributed by atoms with van der Waals surface area (Å²) in [4.78, 5) is 23.1. The Hall–Kier alpha value is -1.85. The predicted molar refractivity (Wildman–Crippen MR) is 75.6 cm³/mol. The van der Waals surface area contributed by atoms with E-state index >= 15 is 0 Å². The van der Waals surface area contributed by atoms with Gasteiger partial charge in [-0.1, -0.05) is 20.8 Å². The van der Waals surface area contributed by atoms with Crippen LogP contribution in [0.2, 0.25) is 0 Å². The van der Waals surface area contributed by atoms with E-state index in [9.17, 15) is 9.59 Å². The number of nitrogens with one attached hydrogen (secondary N) is 1. The first-order valence-corrected chi connectivity index (χ1v) is 6.62. The highest BCUT2D eigenvalue weighted by Gasteiger charge is 2.25. The number of carbonyl (C=O) groups excluding carboxylic acids is 1. The maximum Gasteiger partial charge on any atom is 0.308 e. The number of rotatable bonds is 4. The lowest BCUT2D eigenvalue weighted by atomic mass is 9.92. The summed E-state index contributed by atoms with van der Waals surface area (Å²) in [7, 11) is 1.70. The molecule has 1 amide bonds. The Morgan fingerprint density at radius 1 is 1.35 bits per heavy atom. The zero-order chi connectivity index (χ0) is 15.7. The molecule has 0 bridgehead atoms. The Bertz CT molecular complexity index is 514. The van der Waals surface area contributed by atoms with Crippen LogP contribution in [0, 0.1) is 5.92 Å². The zero-order valence-electron chi connectivity index (χ0n) is 12.9. The number of amides is 1. The van der Waals surface area contributed by atoms with E-state index in [1.54, 1.807) is 27.0 Å². The van der Waals surface area contributed by atoms with Crippen molar-refractivity contribution in [3.05, 3.63) is 17.5 Å². The van der Waals surface area contributed by atoms with Gasteiger partial charge in [0, 0.05) is 18.5 Å². The summed E-state index contributed by atoms with van der Waals surface area (Å²) >= 11 is 0. The molecule has 0 aliphatic heterocycles. The minimum absolute atomic E-state index is 0.143. The largest absolute Gasteiger partial charge is 0.481 e. The van der Waals surface area contributed by atoms with E-state index in [1.165, 1.54) is 4.68 Å². The van der Waals surface area contributed by atoms with E-state index in [4.69, 9.17) is 5.11 Å². The van der Waals surface area contributed by atoms with Crippen molar-refractivity contribution < 1.29 is 14.7 Å². The van der Waals surface area contributed by atoms with Crippen LogP contribution in [0.15, 0.2) is 6.07 Å². The summed E-state index contributed by atoms with van der Waals surface area (Å²) in [5, 5.41) is 16.0. The lowest BCUT2D eigenvalue weighted by Crippen LogP contribution is -2.40. The van der Waals surface area contributed by atoms with Crippen LogP contribution in [0.3, 0.4) is 0 Å². The molecule has 0 radical (unpaired) electrons. The number of aromatic nitrogens is 2. The predicted octanol–water partition coefficient (Wildman–Crippen LogP) is 1.56. The number of carboxylic acid groups (broad SMARTS) is 1. The Morgan fingerprint density at radius 2 is 1.90 bits per heavy atom. The fourth-order valence-electron chi connectivity index (χ4n) is 1.67. The van der Waals surface area contributed by atoms with Crippen LogP contribution in [0.25, 0.3) is 0 Å². The SMILES string of the molecule is CC(NC(=O)c1cc(C(C)(C)C)nn1C)C(C)C(=O)O. The molecule has 112 valence electrons. The molecule has 0 aliphatic carbocycles. The minimum Gasteiger partial charge on any atom is -0.481 e. The van der Waals surface area contributed by atoms with Crippen LogP contribution < -0.4 is 5.32 Å². The Balaban J connectivity index is 2.89. The highest BCUT2D eigenvalue weighted by molar-refractivity contribution is 5.93. The summed E-state index contributed by atoms with van der Waals surface area (Å²) in [5.74, 6) is -1.89. The molecule has 2 N–H and O–H groups in total. The summed E-state index contributed by atoms with van der Waals surface area (Å²) < 4.78 is 1.52. The highest BCUT2D eigenvalue weighted by atomic mass is 16.4. The first kappa shape index (κ1) is 16.2. The molecule has 0 saturated carbocycles. The van der Waals surface area contributed by atoms with Crippen LogP contribution in [0.1, 0.15) is 50.8 Å². The van der Waals surface area contributed by atoms with Crippen LogP contribution in [0.5, 0.6) is 0 Å². The van der Waals surface area contributed by atoms with Crippen LogP contribution >= 0.6 is 0 Å². The molecule has 1 rings (SSSR count). The van der Waals surface area contributed by atoms with Gasteiger partial charge >= 0.3 is 5.97 Å². The zero-order valence-corrected chi connectivity index (χ0v) is 12.9. The van der Waals surface area contributed by atoms with Gasteiger partial charge in [-0.25, -0.2) is 0 Å². The maximum absolute atomic E-state index is 12.2. The summed E-state index contributed by atoms with van der Waals surface area (Å²) in [6.45, 7) is 9.30. The van der Waals surface area contributed by atoms with Gasteiger partial charge in [0.1, 0.15) is 5.69 Å². The first-order valence-electron chi connectivity index (χ1n) is 6.62.